The first-order valence-corrected chi connectivity index (χ1v) is 13.0. The van der Waals surface area contributed by atoms with E-state index >= 15 is 0 Å². The largest absolute Gasteiger partial charge is 0.493 e. The zero-order chi connectivity index (χ0) is 26.3. The van der Waals surface area contributed by atoms with Crippen molar-refractivity contribution in [3.63, 3.8) is 0 Å². The summed E-state index contributed by atoms with van der Waals surface area (Å²) in [5, 5.41) is 4.95. The van der Waals surface area contributed by atoms with Crippen LogP contribution in [-0.2, 0) is 6.61 Å². The molecule has 0 unspecified atom stereocenters. The number of nitrogens with one attached hydrogen (secondary N) is 1. The Morgan fingerprint density at radius 2 is 1.68 bits per heavy atom. The Kier molecular flexibility index (Phi) is 7.94. The van der Waals surface area contributed by atoms with Gasteiger partial charge < -0.3 is 9.47 Å². The van der Waals surface area contributed by atoms with Crippen molar-refractivity contribution in [2.75, 3.05) is 7.11 Å². The molecule has 6 nitrogen and oxygen atoms in total. The number of nitrogens with zero attached hydrogens (tertiary/aromatic N) is 2. The Bertz CT molecular complexity index is 1600. The van der Waals surface area contributed by atoms with Crippen molar-refractivity contribution >= 4 is 45.6 Å². The minimum atomic E-state index is -0.318. The molecule has 188 valence electrons. The summed E-state index contributed by atoms with van der Waals surface area (Å²) in [6.07, 6.45) is 1.57. The first kappa shape index (κ1) is 25.4. The van der Waals surface area contributed by atoms with E-state index in [4.69, 9.17) is 14.5 Å². The van der Waals surface area contributed by atoms with E-state index in [0.717, 1.165) is 33.3 Å². The molecule has 0 aliphatic carbocycles. The monoisotopic (exact) mass is 613 g/mol. The molecule has 0 atom stereocenters. The van der Waals surface area contributed by atoms with Crippen LogP contribution < -0.4 is 14.9 Å². The van der Waals surface area contributed by atoms with Crippen molar-refractivity contribution in [2.24, 2.45) is 5.10 Å². The third-order valence-electron chi connectivity index (χ3n) is 5.91. The number of para-hydroxylation sites is 1. The average molecular weight is 613 g/mol. The Hall–Kier alpha value is -4.24. The first-order chi connectivity index (χ1) is 18.6. The van der Waals surface area contributed by atoms with Crippen molar-refractivity contribution in [2.45, 2.75) is 6.61 Å². The molecule has 38 heavy (non-hydrogen) atoms. The lowest BCUT2D eigenvalue weighted by Gasteiger charge is -2.11. The fraction of sp³-hybridized carbons (Fsp3) is 0.0645. The van der Waals surface area contributed by atoms with Crippen LogP contribution in [-0.4, -0.2) is 24.2 Å². The third-order valence-corrected chi connectivity index (χ3v) is 6.62. The molecule has 0 aliphatic rings. The lowest BCUT2D eigenvalue weighted by molar-refractivity contribution is 0.0956. The number of hydrazone groups is 1. The quantitative estimate of drug-likeness (QED) is 0.118. The molecule has 0 bridgehead atoms. The standard InChI is InChI=1S/C31H24IN3O3/c1-37-30-17-22(13-16-29(30)38-20-21-11-14-24(32)15-12-21)19-33-35-31(36)26-18-28(23-7-3-2-4-8-23)34-27-10-6-5-9-25(26)27/h2-19H,20H2,1H3,(H,35,36)/b33-19+. The van der Waals surface area contributed by atoms with Gasteiger partial charge in [-0.2, -0.15) is 5.10 Å². The van der Waals surface area contributed by atoms with Gasteiger partial charge in [-0.25, -0.2) is 10.4 Å². The number of pyridine rings is 1. The summed E-state index contributed by atoms with van der Waals surface area (Å²) in [5.74, 6) is 0.892. The van der Waals surface area contributed by atoms with Crippen LogP contribution in [0.5, 0.6) is 11.5 Å². The van der Waals surface area contributed by atoms with Gasteiger partial charge in [-0.1, -0.05) is 60.7 Å². The van der Waals surface area contributed by atoms with Crippen molar-refractivity contribution < 1.29 is 14.3 Å². The molecule has 0 fully saturated rings. The van der Waals surface area contributed by atoms with Gasteiger partial charge in [0.25, 0.3) is 5.91 Å². The summed E-state index contributed by atoms with van der Waals surface area (Å²) in [6, 6.07) is 32.8. The molecule has 5 rings (SSSR count). The lowest BCUT2D eigenvalue weighted by atomic mass is 10.0. The van der Waals surface area contributed by atoms with E-state index in [9.17, 15) is 4.79 Å². The van der Waals surface area contributed by atoms with Crippen LogP contribution in [0.2, 0.25) is 0 Å². The maximum Gasteiger partial charge on any atom is 0.272 e. The topological polar surface area (TPSA) is 72.8 Å². The Morgan fingerprint density at radius 3 is 2.47 bits per heavy atom. The maximum absolute atomic E-state index is 13.2. The second kappa shape index (κ2) is 11.9. The first-order valence-electron chi connectivity index (χ1n) is 11.9. The van der Waals surface area contributed by atoms with E-state index < -0.39 is 0 Å². The Morgan fingerprint density at radius 1 is 0.921 bits per heavy atom. The van der Waals surface area contributed by atoms with Gasteiger partial charge in [-0.05, 0) is 76.2 Å². The number of carbonyl (C=O) groups excluding carboxylic acids is 1. The molecule has 1 N–H and O–H groups in total. The van der Waals surface area contributed by atoms with E-state index in [1.54, 1.807) is 19.4 Å². The van der Waals surface area contributed by atoms with Gasteiger partial charge in [0.2, 0.25) is 0 Å². The molecule has 5 aromatic rings. The van der Waals surface area contributed by atoms with Crippen molar-refractivity contribution in [1.82, 2.24) is 10.4 Å². The number of amides is 1. The predicted octanol–water partition coefficient (Wildman–Crippen LogP) is 6.86. The average Bonchev–Trinajstić information content (AvgIpc) is 2.97. The molecule has 1 heterocycles. The van der Waals surface area contributed by atoms with E-state index in [1.165, 1.54) is 3.57 Å². The van der Waals surface area contributed by atoms with Crippen molar-refractivity contribution in [3.05, 3.63) is 123 Å². The van der Waals surface area contributed by atoms with Crippen LogP contribution in [0, 0.1) is 3.57 Å². The summed E-state index contributed by atoms with van der Waals surface area (Å²) >= 11 is 2.27. The normalized spacial score (nSPS) is 11.0. The number of hydrogen-bond acceptors (Lipinski definition) is 5. The molecule has 1 amide bonds. The van der Waals surface area contributed by atoms with Crippen LogP contribution in [0.3, 0.4) is 0 Å². The maximum atomic E-state index is 13.2. The van der Waals surface area contributed by atoms with E-state index in [1.807, 2.05) is 97.1 Å². The number of carbonyl (C=O) groups is 1. The second-order valence-corrected chi connectivity index (χ2v) is 9.71. The summed E-state index contributed by atoms with van der Waals surface area (Å²) < 4.78 is 12.6. The van der Waals surface area contributed by atoms with E-state index in [0.29, 0.717) is 23.7 Å². The fourth-order valence-corrected chi connectivity index (χ4v) is 4.33. The molecule has 1 aromatic heterocycles. The van der Waals surface area contributed by atoms with E-state index in [-0.39, 0.29) is 5.91 Å². The molecule has 0 saturated carbocycles. The SMILES string of the molecule is COc1cc(/C=N/NC(=O)c2cc(-c3ccccc3)nc3ccccc23)ccc1OCc1ccc(I)cc1. The molecule has 0 radical (unpaired) electrons. The van der Waals surface area contributed by atoms with Gasteiger partial charge in [0.15, 0.2) is 11.5 Å². The highest BCUT2D eigenvalue weighted by Crippen LogP contribution is 2.29. The number of halogens is 1. The number of rotatable bonds is 8. The molecule has 0 spiro atoms. The molecule has 0 saturated heterocycles. The predicted molar refractivity (Wildman–Crippen MR) is 159 cm³/mol. The lowest BCUT2D eigenvalue weighted by Crippen LogP contribution is -2.18. The minimum absolute atomic E-state index is 0.318. The minimum Gasteiger partial charge on any atom is -0.493 e. The highest BCUT2D eigenvalue weighted by molar-refractivity contribution is 14.1. The summed E-state index contributed by atoms with van der Waals surface area (Å²) in [5.41, 5.74) is 7.39. The molecule has 7 heteroatoms. The van der Waals surface area contributed by atoms with Gasteiger partial charge >= 0.3 is 0 Å². The van der Waals surface area contributed by atoms with Gasteiger partial charge in [0, 0.05) is 14.5 Å². The number of benzene rings is 4. The second-order valence-electron chi connectivity index (χ2n) is 8.46. The van der Waals surface area contributed by atoms with Crippen LogP contribution in [0.4, 0.5) is 0 Å². The fourth-order valence-electron chi connectivity index (χ4n) is 3.97. The van der Waals surface area contributed by atoms with Crippen LogP contribution in [0.1, 0.15) is 21.5 Å². The van der Waals surface area contributed by atoms with Crippen LogP contribution in [0.15, 0.2) is 108 Å². The van der Waals surface area contributed by atoms with Gasteiger partial charge in [-0.15, -0.1) is 0 Å². The molecular weight excluding hydrogens is 589 g/mol. The van der Waals surface area contributed by atoms with Crippen LogP contribution >= 0.6 is 22.6 Å². The molecule has 4 aromatic carbocycles. The van der Waals surface area contributed by atoms with Crippen molar-refractivity contribution in [3.8, 4) is 22.8 Å². The number of ether oxygens (including phenoxy) is 2. The summed E-state index contributed by atoms with van der Waals surface area (Å²) in [7, 11) is 1.59. The van der Waals surface area contributed by atoms with Crippen molar-refractivity contribution in [1.29, 1.82) is 0 Å². The summed E-state index contributed by atoms with van der Waals surface area (Å²) in [4.78, 5) is 17.9. The molecular formula is C31H24IN3O3. The highest BCUT2D eigenvalue weighted by Gasteiger charge is 2.13. The van der Waals surface area contributed by atoms with Gasteiger partial charge in [0.05, 0.1) is 30.1 Å². The van der Waals surface area contributed by atoms with Gasteiger partial charge in [-0.3, -0.25) is 4.79 Å². The van der Waals surface area contributed by atoms with E-state index in [2.05, 4.69) is 33.1 Å². The number of aromatic nitrogens is 1. The third kappa shape index (κ3) is 6.00. The zero-order valence-electron chi connectivity index (χ0n) is 20.6. The smallest absolute Gasteiger partial charge is 0.272 e. The van der Waals surface area contributed by atoms with Gasteiger partial charge in [0.1, 0.15) is 6.61 Å². The Balaban J connectivity index is 1.31. The Labute approximate surface area is 234 Å². The molecule has 0 aliphatic heterocycles. The summed E-state index contributed by atoms with van der Waals surface area (Å²) in [6.45, 7) is 0.432. The van der Waals surface area contributed by atoms with Crippen LogP contribution in [0.25, 0.3) is 22.2 Å². The zero-order valence-corrected chi connectivity index (χ0v) is 22.8. The number of methoxy groups -OCH3 is 1. The number of hydrogen-bond donors (Lipinski definition) is 1. The highest BCUT2D eigenvalue weighted by atomic mass is 127. The number of fused-ring (bicyclic) bond motifs is 1.